The fourth-order valence-electron chi connectivity index (χ4n) is 2.33. The van der Waals surface area contributed by atoms with E-state index in [2.05, 4.69) is 15.6 Å². The monoisotopic (exact) mass is 359 g/mol. The summed E-state index contributed by atoms with van der Waals surface area (Å²) in [4.78, 5) is 29.2. The number of hydrogen-bond acceptors (Lipinski definition) is 4. The second kappa shape index (κ2) is 9.32. The zero-order chi connectivity index (χ0) is 18.2. The van der Waals surface area contributed by atoms with Gasteiger partial charge in [0.25, 0.3) is 5.91 Å². The molecule has 0 fully saturated rings. The lowest BCUT2D eigenvalue weighted by atomic mass is 10.2. The van der Waals surface area contributed by atoms with Crippen LogP contribution in [-0.2, 0) is 11.2 Å². The van der Waals surface area contributed by atoms with Gasteiger partial charge in [-0.05, 0) is 25.8 Å². The quantitative estimate of drug-likeness (QED) is 0.761. The van der Waals surface area contributed by atoms with E-state index in [0.29, 0.717) is 11.4 Å². The first-order valence-electron chi connectivity index (χ1n) is 8.57. The Balaban J connectivity index is 1.86. The van der Waals surface area contributed by atoms with Crippen molar-refractivity contribution in [3.63, 3.8) is 0 Å². The molecule has 1 heterocycles. The summed E-state index contributed by atoms with van der Waals surface area (Å²) in [6, 6.07) is 10.2. The van der Waals surface area contributed by atoms with Gasteiger partial charge in [-0.3, -0.25) is 9.59 Å². The molecule has 5 nitrogen and oxygen atoms in total. The van der Waals surface area contributed by atoms with Gasteiger partial charge >= 0.3 is 0 Å². The number of carbonyl (C=O) groups excluding carboxylic acids is 2. The van der Waals surface area contributed by atoms with Crippen molar-refractivity contribution in [2.75, 3.05) is 6.54 Å². The number of aryl methyl sites for hydroxylation is 1. The molecule has 0 aliphatic heterocycles. The second-order valence-corrected chi connectivity index (χ2v) is 7.15. The average molecular weight is 359 g/mol. The molecule has 0 spiro atoms. The van der Waals surface area contributed by atoms with E-state index in [0.717, 1.165) is 23.5 Å². The molecule has 25 heavy (non-hydrogen) atoms. The molecule has 0 saturated carbocycles. The Morgan fingerprint density at radius 2 is 1.96 bits per heavy atom. The summed E-state index contributed by atoms with van der Waals surface area (Å²) in [5.74, 6) is -0.203. The van der Waals surface area contributed by atoms with Crippen LogP contribution in [-0.4, -0.2) is 29.4 Å². The summed E-state index contributed by atoms with van der Waals surface area (Å²) < 4.78 is 0. The Labute approximate surface area is 152 Å². The molecule has 2 amide bonds. The average Bonchev–Trinajstić information content (AvgIpc) is 2.95. The van der Waals surface area contributed by atoms with Crippen LogP contribution in [0.15, 0.2) is 30.3 Å². The minimum Gasteiger partial charge on any atom is -0.354 e. The second-order valence-electron chi connectivity index (χ2n) is 6.07. The van der Waals surface area contributed by atoms with Crippen molar-refractivity contribution < 1.29 is 9.59 Å². The summed E-state index contributed by atoms with van der Waals surface area (Å²) in [5.41, 5.74) is 1.91. The number of nitrogens with one attached hydrogen (secondary N) is 2. The van der Waals surface area contributed by atoms with E-state index in [9.17, 15) is 9.59 Å². The zero-order valence-corrected chi connectivity index (χ0v) is 15.8. The lowest BCUT2D eigenvalue weighted by Gasteiger charge is -2.11. The van der Waals surface area contributed by atoms with E-state index in [4.69, 9.17) is 0 Å². The molecule has 1 atom stereocenters. The first-order chi connectivity index (χ1) is 12.0. The van der Waals surface area contributed by atoms with Gasteiger partial charge in [-0.1, -0.05) is 37.3 Å². The highest BCUT2D eigenvalue weighted by Gasteiger charge is 2.15. The molecule has 1 unspecified atom stereocenters. The predicted octanol–water partition coefficient (Wildman–Crippen LogP) is 3.08. The molecular weight excluding hydrogens is 334 g/mol. The van der Waals surface area contributed by atoms with Crippen molar-refractivity contribution in [1.82, 2.24) is 15.6 Å². The van der Waals surface area contributed by atoms with Gasteiger partial charge in [-0.15, -0.1) is 11.3 Å². The van der Waals surface area contributed by atoms with Crippen LogP contribution < -0.4 is 10.6 Å². The molecule has 134 valence electrons. The van der Waals surface area contributed by atoms with Gasteiger partial charge in [0.15, 0.2) is 0 Å². The summed E-state index contributed by atoms with van der Waals surface area (Å²) >= 11 is 1.41. The summed E-state index contributed by atoms with van der Waals surface area (Å²) in [7, 11) is 0. The standard InChI is InChI=1S/C19H25N3O2S/c1-4-13(2)21-16(23)10-11-20-19(24)18-14(3)22-17(25-18)12-15-8-6-5-7-9-15/h5-9,13H,4,10-12H2,1-3H3,(H,20,24)(H,21,23). The van der Waals surface area contributed by atoms with E-state index < -0.39 is 0 Å². The summed E-state index contributed by atoms with van der Waals surface area (Å²) in [5, 5.41) is 6.62. The number of amides is 2. The van der Waals surface area contributed by atoms with Crippen molar-refractivity contribution in [3.05, 3.63) is 51.5 Å². The lowest BCUT2D eigenvalue weighted by Crippen LogP contribution is -2.35. The maximum atomic E-state index is 12.3. The van der Waals surface area contributed by atoms with Crippen LogP contribution in [0, 0.1) is 6.92 Å². The van der Waals surface area contributed by atoms with Crippen LogP contribution in [0.2, 0.25) is 0 Å². The van der Waals surface area contributed by atoms with Crippen LogP contribution in [0.3, 0.4) is 0 Å². The number of benzene rings is 1. The third-order valence-corrected chi connectivity index (χ3v) is 5.06. The van der Waals surface area contributed by atoms with Crippen molar-refractivity contribution in [1.29, 1.82) is 0 Å². The minimum absolute atomic E-state index is 0.0413. The summed E-state index contributed by atoms with van der Waals surface area (Å²) in [6.45, 7) is 6.15. The highest BCUT2D eigenvalue weighted by Crippen LogP contribution is 2.20. The van der Waals surface area contributed by atoms with Crippen molar-refractivity contribution >= 4 is 23.2 Å². The van der Waals surface area contributed by atoms with Gasteiger partial charge in [-0.2, -0.15) is 0 Å². The molecule has 0 radical (unpaired) electrons. The first kappa shape index (κ1) is 19.1. The first-order valence-corrected chi connectivity index (χ1v) is 9.39. The van der Waals surface area contributed by atoms with E-state index in [1.165, 1.54) is 16.9 Å². The van der Waals surface area contributed by atoms with Crippen molar-refractivity contribution in [3.8, 4) is 0 Å². The van der Waals surface area contributed by atoms with Gasteiger partial charge in [0.05, 0.1) is 10.7 Å². The Morgan fingerprint density at radius 3 is 2.64 bits per heavy atom. The molecule has 0 saturated heterocycles. The fourth-order valence-corrected chi connectivity index (χ4v) is 3.34. The van der Waals surface area contributed by atoms with Crippen LogP contribution >= 0.6 is 11.3 Å². The van der Waals surface area contributed by atoms with E-state index >= 15 is 0 Å². The maximum absolute atomic E-state index is 12.3. The molecule has 0 aliphatic rings. The van der Waals surface area contributed by atoms with Gasteiger partial charge in [-0.25, -0.2) is 4.98 Å². The molecule has 0 bridgehead atoms. The largest absolute Gasteiger partial charge is 0.354 e. The molecule has 6 heteroatoms. The van der Waals surface area contributed by atoms with Crippen LogP contribution in [0.25, 0.3) is 0 Å². The number of hydrogen-bond donors (Lipinski definition) is 2. The SMILES string of the molecule is CCC(C)NC(=O)CCNC(=O)c1sc(Cc2ccccc2)nc1C. The number of rotatable bonds is 8. The molecule has 0 aliphatic carbocycles. The van der Waals surface area contributed by atoms with Gasteiger partial charge in [0.2, 0.25) is 5.91 Å². The Bertz CT molecular complexity index is 713. The number of thiazole rings is 1. The minimum atomic E-state index is -0.161. The van der Waals surface area contributed by atoms with E-state index in [1.807, 2.05) is 51.1 Å². The fraction of sp³-hybridized carbons (Fsp3) is 0.421. The van der Waals surface area contributed by atoms with Crippen molar-refractivity contribution in [2.24, 2.45) is 0 Å². The van der Waals surface area contributed by atoms with Crippen molar-refractivity contribution in [2.45, 2.75) is 46.1 Å². The topological polar surface area (TPSA) is 71.1 Å². The van der Waals surface area contributed by atoms with Gasteiger partial charge in [0, 0.05) is 25.4 Å². The summed E-state index contributed by atoms with van der Waals surface area (Å²) in [6.07, 6.45) is 1.89. The zero-order valence-electron chi connectivity index (χ0n) is 15.0. The lowest BCUT2D eigenvalue weighted by molar-refractivity contribution is -0.121. The molecule has 2 rings (SSSR count). The Morgan fingerprint density at radius 1 is 1.24 bits per heavy atom. The number of nitrogens with zero attached hydrogens (tertiary/aromatic N) is 1. The highest BCUT2D eigenvalue weighted by molar-refractivity contribution is 7.13. The Kier molecular flexibility index (Phi) is 7.13. The molecule has 2 aromatic rings. The number of aromatic nitrogens is 1. The van der Waals surface area contributed by atoms with Crippen LogP contribution in [0.5, 0.6) is 0 Å². The third-order valence-electron chi connectivity index (χ3n) is 3.90. The normalized spacial score (nSPS) is 11.8. The van der Waals surface area contributed by atoms with Crippen LogP contribution in [0.4, 0.5) is 0 Å². The Hall–Kier alpha value is -2.21. The maximum Gasteiger partial charge on any atom is 0.263 e. The predicted molar refractivity (Wildman–Crippen MR) is 101 cm³/mol. The third kappa shape index (κ3) is 5.98. The van der Waals surface area contributed by atoms with Gasteiger partial charge < -0.3 is 10.6 Å². The smallest absolute Gasteiger partial charge is 0.263 e. The van der Waals surface area contributed by atoms with Gasteiger partial charge in [0.1, 0.15) is 4.88 Å². The van der Waals surface area contributed by atoms with Crippen LogP contribution in [0.1, 0.15) is 52.6 Å². The molecular formula is C19H25N3O2S. The van der Waals surface area contributed by atoms with E-state index in [-0.39, 0.29) is 24.3 Å². The molecule has 1 aromatic carbocycles. The molecule has 1 aromatic heterocycles. The van der Waals surface area contributed by atoms with E-state index in [1.54, 1.807) is 0 Å². The molecule has 2 N–H and O–H groups in total. The number of carbonyl (C=O) groups is 2. The highest BCUT2D eigenvalue weighted by atomic mass is 32.1.